The Hall–Kier alpha value is -1.61. The normalized spacial score (nSPS) is 12.0. The molecule has 1 amide bonds. The number of aliphatic imine (C=N–C) groups is 1. The Morgan fingerprint density at radius 1 is 1.12 bits per heavy atom. The minimum absolute atomic E-state index is 0. The lowest BCUT2D eigenvalue weighted by atomic mass is 10.1. The summed E-state index contributed by atoms with van der Waals surface area (Å²) in [4.78, 5) is 17.4. The van der Waals surface area contributed by atoms with Crippen molar-refractivity contribution in [2.75, 3.05) is 20.1 Å². The molecule has 26 heavy (non-hydrogen) atoms. The van der Waals surface area contributed by atoms with Gasteiger partial charge in [0.05, 0.1) is 0 Å². The van der Waals surface area contributed by atoms with E-state index >= 15 is 0 Å². The molecule has 0 radical (unpaired) electrons. The molecule has 3 N–H and O–H groups in total. The van der Waals surface area contributed by atoms with Crippen LogP contribution in [0.2, 0.25) is 0 Å². The van der Waals surface area contributed by atoms with Crippen LogP contribution < -0.4 is 16.0 Å². The van der Waals surface area contributed by atoms with Crippen molar-refractivity contribution < 1.29 is 4.79 Å². The molecule has 1 aromatic carbocycles. The topological polar surface area (TPSA) is 65.5 Å². The van der Waals surface area contributed by atoms with E-state index in [1.807, 2.05) is 30.3 Å². The zero-order valence-corrected chi connectivity index (χ0v) is 18.3. The van der Waals surface area contributed by atoms with Crippen LogP contribution in [0.3, 0.4) is 0 Å². The summed E-state index contributed by atoms with van der Waals surface area (Å²) in [6.07, 6.45) is 0.411. The van der Waals surface area contributed by atoms with Gasteiger partial charge in [-0.05, 0) is 17.0 Å². The average molecular weight is 486 g/mol. The highest BCUT2D eigenvalue weighted by Gasteiger charge is 2.08. The maximum atomic E-state index is 11.9. The zero-order chi connectivity index (χ0) is 17.9. The van der Waals surface area contributed by atoms with Gasteiger partial charge >= 0.3 is 0 Å². The second kappa shape index (κ2) is 12.7. The second-order valence-corrected chi connectivity index (χ2v) is 6.79. The minimum Gasteiger partial charge on any atom is -0.356 e. The van der Waals surface area contributed by atoms with Crippen LogP contribution in [0.5, 0.6) is 0 Å². The lowest BCUT2D eigenvalue weighted by molar-refractivity contribution is -0.121. The van der Waals surface area contributed by atoms with Crippen LogP contribution in [0.25, 0.3) is 0 Å². The summed E-state index contributed by atoms with van der Waals surface area (Å²) in [7, 11) is 1.74. The smallest absolute Gasteiger partial charge is 0.222 e. The van der Waals surface area contributed by atoms with Gasteiger partial charge in [-0.25, -0.2) is 0 Å². The third kappa shape index (κ3) is 8.18. The Morgan fingerprint density at radius 2 is 1.88 bits per heavy atom. The summed E-state index contributed by atoms with van der Waals surface area (Å²) in [5, 5.41) is 11.5. The number of carbonyl (C=O) groups excluding carboxylic acids is 1. The first-order valence-electron chi connectivity index (χ1n) is 8.47. The lowest BCUT2D eigenvalue weighted by Crippen LogP contribution is -2.40. The lowest BCUT2D eigenvalue weighted by Gasteiger charge is -2.15. The van der Waals surface area contributed by atoms with Crippen molar-refractivity contribution in [2.24, 2.45) is 4.99 Å². The summed E-state index contributed by atoms with van der Waals surface area (Å²) in [6.45, 7) is 4.10. The first kappa shape index (κ1) is 22.4. The summed E-state index contributed by atoms with van der Waals surface area (Å²) in [5.41, 5.74) is 1.10. The standard InChI is InChI=1S/C19H26N4OS.HI/c1-15(17-9-6-12-25-17)13-23-19(20-2)21-11-10-18(24)22-14-16-7-4-3-5-8-16;/h3-9,12,15H,10-11,13-14H2,1-2H3,(H,22,24)(H2,20,21,23);1H. The van der Waals surface area contributed by atoms with Gasteiger partial charge in [-0.2, -0.15) is 0 Å². The molecular weight excluding hydrogens is 459 g/mol. The fourth-order valence-electron chi connectivity index (χ4n) is 2.32. The third-order valence-electron chi connectivity index (χ3n) is 3.81. The monoisotopic (exact) mass is 486 g/mol. The largest absolute Gasteiger partial charge is 0.356 e. The van der Waals surface area contributed by atoms with Gasteiger partial charge in [-0.15, -0.1) is 35.3 Å². The van der Waals surface area contributed by atoms with Crippen molar-refractivity contribution in [3.8, 4) is 0 Å². The molecule has 7 heteroatoms. The molecule has 0 fully saturated rings. The van der Waals surface area contributed by atoms with Gasteiger partial charge in [-0.3, -0.25) is 9.79 Å². The summed E-state index contributed by atoms with van der Waals surface area (Å²) < 4.78 is 0. The van der Waals surface area contributed by atoms with E-state index in [1.165, 1.54) is 4.88 Å². The number of hydrogen-bond donors (Lipinski definition) is 3. The first-order chi connectivity index (χ1) is 12.2. The molecule has 2 aromatic rings. The highest BCUT2D eigenvalue weighted by Crippen LogP contribution is 2.19. The van der Waals surface area contributed by atoms with Crippen molar-refractivity contribution >= 4 is 47.2 Å². The average Bonchev–Trinajstić information content (AvgIpc) is 3.18. The van der Waals surface area contributed by atoms with Crippen molar-refractivity contribution in [1.29, 1.82) is 0 Å². The highest BCUT2D eigenvalue weighted by molar-refractivity contribution is 14.0. The number of amides is 1. The fourth-order valence-corrected chi connectivity index (χ4v) is 3.11. The van der Waals surface area contributed by atoms with Gasteiger partial charge in [0.2, 0.25) is 5.91 Å². The van der Waals surface area contributed by atoms with E-state index in [9.17, 15) is 4.79 Å². The number of nitrogens with zero attached hydrogens (tertiary/aromatic N) is 1. The van der Waals surface area contributed by atoms with Gasteiger partial charge in [0.1, 0.15) is 0 Å². The zero-order valence-electron chi connectivity index (χ0n) is 15.2. The Bertz CT molecular complexity index is 661. The van der Waals surface area contributed by atoms with Crippen molar-refractivity contribution in [3.05, 3.63) is 58.3 Å². The van der Waals surface area contributed by atoms with E-state index in [0.29, 0.717) is 25.4 Å². The first-order valence-corrected chi connectivity index (χ1v) is 9.35. The molecule has 2 rings (SSSR count). The van der Waals surface area contributed by atoms with E-state index < -0.39 is 0 Å². The Kier molecular flexibility index (Phi) is 11.0. The maximum absolute atomic E-state index is 11.9. The number of hydrogen-bond acceptors (Lipinski definition) is 3. The number of guanidine groups is 1. The van der Waals surface area contributed by atoms with Crippen LogP contribution >= 0.6 is 35.3 Å². The Balaban J connectivity index is 0.00000338. The second-order valence-electron chi connectivity index (χ2n) is 5.81. The summed E-state index contributed by atoms with van der Waals surface area (Å²) >= 11 is 1.76. The Labute approximate surface area is 176 Å². The molecule has 0 saturated carbocycles. The highest BCUT2D eigenvalue weighted by atomic mass is 127. The molecular formula is C19H27IN4OS. The van der Waals surface area contributed by atoms with Gasteiger partial charge in [-0.1, -0.05) is 43.3 Å². The third-order valence-corrected chi connectivity index (χ3v) is 4.91. The summed E-state index contributed by atoms with van der Waals surface area (Å²) in [5.74, 6) is 1.17. The van der Waals surface area contributed by atoms with Gasteiger partial charge in [0, 0.05) is 43.9 Å². The van der Waals surface area contributed by atoms with E-state index in [4.69, 9.17) is 0 Å². The molecule has 0 aliphatic heterocycles. The predicted octanol–water partition coefficient (Wildman–Crippen LogP) is 3.34. The maximum Gasteiger partial charge on any atom is 0.222 e. The van der Waals surface area contributed by atoms with Crippen molar-refractivity contribution in [3.63, 3.8) is 0 Å². The van der Waals surface area contributed by atoms with Crippen LogP contribution in [0, 0.1) is 0 Å². The van der Waals surface area contributed by atoms with E-state index in [-0.39, 0.29) is 29.9 Å². The number of carbonyl (C=O) groups is 1. The van der Waals surface area contributed by atoms with Crippen LogP contribution in [-0.2, 0) is 11.3 Å². The number of benzene rings is 1. The molecule has 1 unspecified atom stereocenters. The number of rotatable bonds is 8. The number of halogens is 1. The van der Waals surface area contributed by atoms with Crippen LogP contribution in [0.1, 0.15) is 29.7 Å². The fraction of sp³-hybridized carbons (Fsp3) is 0.368. The van der Waals surface area contributed by atoms with E-state index in [1.54, 1.807) is 18.4 Å². The number of thiophene rings is 1. The molecule has 1 atom stereocenters. The van der Waals surface area contributed by atoms with E-state index in [2.05, 4.69) is 45.4 Å². The minimum atomic E-state index is 0. The molecule has 0 spiro atoms. The predicted molar refractivity (Wildman–Crippen MR) is 120 cm³/mol. The summed E-state index contributed by atoms with van der Waals surface area (Å²) in [6, 6.07) is 14.1. The molecule has 1 heterocycles. The quantitative estimate of drug-likeness (QED) is 0.305. The van der Waals surface area contributed by atoms with Crippen LogP contribution in [-0.4, -0.2) is 32.0 Å². The molecule has 0 aliphatic rings. The van der Waals surface area contributed by atoms with E-state index in [0.717, 1.165) is 18.1 Å². The SMILES string of the molecule is CN=C(NCCC(=O)NCc1ccccc1)NCC(C)c1cccs1.I. The van der Waals surface area contributed by atoms with Gasteiger partial charge < -0.3 is 16.0 Å². The Morgan fingerprint density at radius 3 is 2.54 bits per heavy atom. The molecule has 0 aliphatic carbocycles. The van der Waals surface area contributed by atoms with Gasteiger partial charge in [0.15, 0.2) is 5.96 Å². The molecule has 142 valence electrons. The van der Waals surface area contributed by atoms with Crippen molar-refractivity contribution in [1.82, 2.24) is 16.0 Å². The molecule has 0 bridgehead atoms. The number of nitrogens with one attached hydrogen (secondary N) is 3. The van der Waals surface area contributed by atoms with Crippen LogP contribution in [0.4, 0.5) is 0 Å². The molecule has 1 aromatic heterocycles. The van der Waals surface area contributed by atoms with Gasteiger partial charge in [0.25, 0.3) is 0 Å². The van der Waals surface area contributed by atoms with Crippen molar-refractivity contribution in [2.45, 2.75) is 25.8 Å². The molecule has 0 saturated heterocycles. The van der Waals surface area contributed by atoms with Crippen LogP contribution in [0.15, 0.2) is 52.8 Å². The molecule has 5 nitrogen and oxygen atoms in total.